The summed E-state index contributed by atoms with van der Waals surface area (Å²) in [6.07, 6.45) is 3.14. The lowest BCUT2D eigenvalue weighted by Gasteiger charge is -2.16. The van der Waals surface area contributed by atoms with Crippen LogP contribution in [0.25, 0.3) is 0 Å². The zero-order valence-corrected chi connectivity index (χ0v) is 7.66. The van der Waals surface area contributed by atoms with Gasteiger partial charge in [0.25, 0.3) is 0 Å². The van der Waals surface area contributed by atoms with Crippen molar-refractivity contribution in [2.45, 2.75) is 18.9 Å². The van der Waals surface area contributed by atoms with Gasteiger partial charge in [0, 0.05) is 0 Å². The topological polar surface area (TPSA) is 49.0 Å². The highest BCUT2D eigenvalue weighted by atomic mass is 16.1. The van der Waals surface area contributed by atoms with E-state index in [0.717, 1.165) is 24.9 Å². The van der Waals surface area contributed by atoms with Gasteiger partial charge in [-0.05, 0) is 32.5 Å². The normalized spacial score (nSPS) is 23.6. The van der Waals surface area contributed by atoms with Crippen LogP contribution in [-0.2, 0) is 0 Å². The molecule has 1 aromatic rings. The number of nitrogens with zero attached hydrogens (tertiary/aromatic N) is 2. The smallest absolute Gasteiger partial charge is 0.170 e. The minimum atomic E-state index is 0.418. The standard InChI is InChI=1S/C9H13N3O/c1-12-4-2-3-9(12)8-5-7(6-13)10-11-8/h5-6,9H,2-4H2,1H3,(H,10,11). The molecule has 1 fully saturated rings. The fourth-order valence-electron chi connectivity index (χ4n) is 1.89. The first-order valence-electron chi connectivity index (χ1n) is 4.52. The summed E-state index contributed by atoms with van der Waals surface area (Å²) in [6.45, 7) is 1.13. The molecule has 1 saturated heterocycles. The van der Waals surface area contributed by atoms with Crippen molar-refractivity contribution >= 4 is 6.29 Å². The van der Waals surface area contributed by atoms with Crippen LogP contribution >= 0.6 is 0 Å². The van der Waals surface area contributed by atoms with Gasteiger partial charge in [0.15, 0.2) is 6.29 Å². The number of H-pyrrole nitrogens is 1. The molecule has 13 heavy (non-hydrogen) atoms. The highest BCUT2D eigenvalue weighted by Gasteiger charge is 2.23. The Morgan fingerprint density at radius 1 is 1.77 bits per heavy atom. The molecule has 4 heteroatoms. The van der Waals surface area contributed by atoms with Crippen molar-refractivity contribution in [2.24, 2.45) is 0 Å². The summed E-state index contributed by atoms with van der Waals surface area (Å²) in [5, 5.41) is 6.80. The Balaban J connectivity index is 2.19. The van der Waals surface area contributed by atoms with E-state index in [1.807, 2.05) is 6.07 Å². The molecule has 0 radical (unpaired) electrons. The van der Waals surface area contributed by atoms with Gasteiger partial charge in [-0.1, -0.05) is 0 Å². The first-order valence-corrected chi connectivity index (χ1v) is 4.52. The van der Waals surface area contributed by atoms with Crippen LogP contribution in [-0.4, -0.2) is 35.0 Å². The molecule has 1 aliphatic heterocycles. The minimum Gasteiger partial charge on any atom is -0.298 e. The summed E-state index contributed by atoms with van der Waals surface area (Å²) in [7, 11) is 2.10. The number of hydrogen-bond donors (Lipinski definition) is 1. The largest absolute Gasteiger partial charge is 0.298 e. The molecule has 70 valence electrons. The first-order chi connectivity index (χ1) is 6.31. The average molecular weight is 179 g/mol. The Hall–Kier alpha value is -1.16. The summed E-state index contributed by atoms with van der Waals surface area (Å²) in [4.78, 5) is 12.7. The molecule has 1 N–H and O–H groups in total. The molecule has 2 heterocycles. The summed E-state index contributed by atoms with van der Waals surface area (Å²) < 4.78 is 0. The lowest BCUT2D eigenvalue weighted by molar-refractivity contribution is 0.111. The molecule has 0 amide bonds. The SMILES string of the molecule is CN1CCCC1c1cc(C=O)n[nH]1. The molecule has 1 aromatic heterocycles. The monoisotopic (exact) mass is 179 g/mol. The second-order valence-corrected chi connectivity index (χ2v) is 3.50. The van der Waals surface area contributed by atoms with E-state index in [-0.39, 0.29) is 0 Å². The highest BCUT2D eigenvalue weighted by molar-refractivity contribution is 5.71. The van der Waals surface area contributed by atoms with Crippen molar-refractivity contribution in [1.29, 1.82) is 0 Å². The first kappa shape index (κ1) is 8.44. The number of hydrogen-bond acceptors (Lipinski definition) is 3. The van der Waals surface area contributed by atoms with E-state index in [4.69, 9.17) is 0 Å². The van der Waals surface area contributed by atoms with Crippen molar-refractivity contribution < 1.29 is 4.79 Å². The highest BCUT2D eigenvalue weighted by Crippen LogP contribution is 2.28. The maximum Gasteiger partial charge on any atom is 0.170 e. The van der Waals surface area contributed by atoms with Gasteiger partial charge in [-0.25, -0.2) is 0 Å². The van der Waals surface area contributed by atoms with Gasteiger partial charge in [0.2, 0.25) is 0 Å². The Morgan fingerprint density at radius 2 is 2.62 bits per heavy atom. The number of aromatic nitrogens is 2. The Kier molecular flexibility index (Phi) is 2.14. The predicted octanol–water partition coefficient (Wildman–Crippen LogP) is 0.989. The fourth-order valence-corrected chi connectivity index (χ4v) is 1.89. The van der Waals surface area contributed by atoms with Crippen molar-refractivity contribution in [3.8, 4) is 0 Å². The molecular formula is C9H13N3O. The summed E-state index contributed by atoms with van der Waals surface area (Å²) in [6, 6.07) is 2.25. The van der Waals surface area contributed by atoms with Gasteiger partial charge >= 0.3 is 0 Å². The third kappa shape index (κ3) is 1.49. The van der Waals surface area contributed by atoms with Crippen LogP contribution in [0, 0.1) is 0 Å². The van der Waals surface area contributed by atoms with E-state index in [1.54, 1.807) is 0 Å². The molecule has 0 spiro atoms. The summed E-state index contributed by atoms with van der Waals surface area (Å²) >= 11 is 0. The number of carbonyl (C=O) groups is 1. The van der Waals surface area contributed by atoms with E-state index < -0.39 is 0 Å². The molecule has 4 nitrogen and oxygen atoms in total. The van der Waals surface area contributed by atoms with Gasteiger partial charge in [0.1, 0.15) is 5.69 Å². The Labute approximate surface area is 76.9 Å². The van der Waals surface area contributed by atoms with Crippen LogP contribution in [0.1, 0.15) is 35.1 Å². The van der Waals surface area contributed by atoms with Crippen molar-refractivity contribution in [1.82, 2.24) is 15.1 Å². The van der Waals surface area contributed by atoms with Gasteiger partial charge in [0.05, 0.1) is 11.7 Å². The number of nitrogens with one attached hydrogen (secondary N) is 1. The zero-order valence-electron chi connectivity index (χ0n) is 7.66. The van der Waals surface area contributed by atoms with Gasteiger partial charge in [-0.15, -0.1) is 0 Å². The van der Waals surface area contributed by atoms with Crippen LogP contribution in [0.4, 0.5) is 0 Å². The van der Waals surface area contributed by atoms with Crippen molar-refractivity contribution in [3.63, 3.8) is 0 Å². The lowest BCUT2D eigenvalue weighted by Crippen LogP contribution is -2.17. The molecule has 0 bridgehead atoms. The number of likely N-dealkylation sites (tertiary alicyclic amines) is 1. The van der Waals surface area contributed by atoms with E-state index in [2.05, 4.69) is 22.1 Å². The number of aromatic amines is 1. The van der Waals surface area contributed by atoms with Crippen molar-refractivity contribution in [2.75, 3.05) is 13.6 Å². The molecule has 0 aliphatic carbocycles. The fraction of sp³-hybridized carbons (Fsp3) is 0.556. The number of carbonyl (C=O) groups excluding carboxylic acids is 1. The maximum atomic E-state index is 10.4. The van der Waals surface area contributed by atoms with Crippen molar-refractivity contribution in [3.05, 3.63) is 17.5 Å². The maximum absolute atomic E-state index is 10.4. The second kappa shape index (κ2) is 3.30. The quantitative estimate of drug-likeness (QED) is 0.689. The Bertz CT molecular complexity index is 308. The predicted molar refractivity (Wildman–Crippen MR) is 48.6 cm³/mol. The molecule has 1 atom stereocenters. The van der Waals surface area contributed by atoms with Crippen LogP contribution in [0.2, 0.25) is 0 Å². The second-order valence-electron chi connectivity index (χ2n) is 3.50. The van der Waals surface area contributed by atoms with Crippen LogP contribution in [0.15, 0.2) is 6.07 Å². The van der Waals surface area contributed by atoms with E-state index in [1.165, 1.54) is 6.42 Å². The van der Waals surface area contributed by atoms with E-state index >= 15 is 0 Å². The van der Waals surface area contributed by atoms with Crippen LogP contribution in [0.3, 0.4) is 0 Å². The van der Waals surface area contributed by atoms with E-state index in [0.29, 0.717) is 11.7 Å². The van der Waals surface area contributed by atoms with Gasteiger partial charge in [-0.2, -0.15) is 5.10 Å². The van der Waals surface area contributed by atoms with Gasteiger partial charge in [-0.3, -0.25) is 14.8 Å². The molecule has 2 rings (SSSR count). The average Bonchev–Trinajstić information content (AvgIpc) is 2.71. The molecular weight excluding hydrogens is 166 g/mol. The van der Waals surface area contributed by atoms with Gasteiger partial charge < -0.3 is 0 Å². The Morgan fingerprint density at radius 3 is 3.15 bits per heavy atom. The van der Waals surface area contributed by atoms with Crippen LogP contribution in [0.5, 0.6) is 0 Å². The molecule has 1 unspecified atom stereocenters. The summed E-state index contributed by atoms with van der Waals surface area (Å²) in [5.74, 6) is 0. The third-order valence-corrected chi connectivity index (χ3v) is 2.62. The van der Waals surface area contributed by atoms with E-state index in [9.17, 15) is 4.79 Å². The molecule has 0 saturated carbocycles. The lowest BCUT2D eigenvalue weighted by atomic mass is 10.1. The molecule has 0 aromatic carbocycles. The zero-order chi connectivity index (χ0) is 9.26. The number of rotatable bonds is 2. The number of aldehydes is 1. The summed E-state index contributed by atoms with van der Waals surface area (Å²) in [5.41, 5.74) is 1.55. The third-order valence-electron chi connectivity index (χ3n) is 2.62. The molecule has 1 aliphatic rings. The van der Waals surface area contributed by atoms with Crippen LogP contribution < -0.4 is 0 Å². The minimum absolute atomic E-state index is 0.418.